The van der Waals surface area contributed by atoms with Gasteiger partial charge in [-0.15, -0.1) is 5.10 Å². The van der Waals surface area contributed by atoms with Crippen molar-refractivity contribution in [3.8, 4) is 0 Å². The van der Waals surface area contributed by atoms with Crippen molar-refractivity contribution in [2.45, 2.75) is 13.0 Å². The van der Waals surface area contributed by atoms with E-state index in [4.69, 9.17) is 5.73 Å². The van der Waals surface area contributed by atoms with Gasteiger partial charge in [-0.2, -0.15) is 5.10 Å². The monoisotopic (exact) mass is 257 g/mol. The summed E-state index contributed by atoms with van der Waals surface area (Å²) in [5.74, 6) is 0.396. The highest BCUT2D eigenvalue weighted by Gasteiger charge is 2.04. The van der Waals surface area contributed by atoms with E-state index in [1.165, 1.54) is 6.20 Å². The molecular formula is C13H15N5O. The predicted octanol–water partition coefficient (Wildman–Crippen LogP) is 2.14. The third-order valence-corrected chi connectivity index (χ3v) is 2.51. The fourth-order valence-electron chi connectivity index (χ4n) is 1.52. The molecule has 0 spiro atoms. The van der Waals surface area contributed by atoms with Crippen LogP contribution in [0, 0.1) is 0 Å². The molecule has 0 radical (unpaired) electrons. The first-order valence-electron chi connectivity index (χ1n) is 5.86. The van der Waals surface area contributed by atoms with Gasteiger partial charge >= 0.3 is 6.03 Å². The van der Waals surface area contributed by atoms with Gasteiger partial charge in [-0.25, -0.2) is 4.79 Å². The molecule has 4 N–H and O–H groups in total. The van der Waals surface area contributed by atoms with Crippen LogP contribution in [0.25, 0.3) is 0 Å². The number of nitrogens with one attached hydrogen (secondary N) is 2. The lowest BCUT2D eigenvalue weighted by atomic mass is 10.1. The van der Waals surface area contributed by atoms with Crippen molar-refractivity contribution >= 4 is 17.5 Å². The van der Waals surface area contributed by atoms with E-state index in [-0.39, 0.29) is 12.1 Å². The van der Waals surface area contributed by atoms with Crippen molar-refractivity contribution < 1.29 is 4.79 Å². The molecule has 0 saturated heterocycles. The third kappa shape index (κ3) is 3.75. The molecule has 6 nitrogen and oxygen atoms in total. The quantitative estimate of drug-likeness (QED) is 0.785. The molecule has 0 saturated carbocycles. The summed E-state index contributed by atoms with van der Waals surface area (Å²) >= 11 is 0. The fourth-order valence-corrected chi connectivity index (χ4v) is 1.52. The van der Waals surface area contributed by atoms with Gasteiger partial charge in [0.1, 0.15) is 0 Å². The summed E-state index contributed by atoms with van der Waals surface area (Å²) in [6, 6.07) is 10.3. The summed E-state index contributed by atoms with van der Waals surface area (Å²) in [7, 11) is 0. The minimum Gasteiger partial charge on any atom is -0.324 e. The second-order valence-corrected chi connectivity index (χ2v) is 4.10. The Labute approximate surface area is 111 Å². The van der Waals surface area contributed by atoms with Gasteiger partial charge < -0.3 is 11.1 Å². The molecule has 1 aromatic heterocycles. The second kappa shape index (κ2) is 5.92. The van der Waals surface area contributed by atoms with Crippen LogP contribution >= 0.6 is 0 Å². The smallest absolute Gasteiger partial charge is 0.324 e. The zero-order chi connectivity index (χ0) is 13.7. The summed E-state index contributed by atoms with van der Waals surface area (Å²) in [5.41, 5.74) is 7.45. The SMILES string of the molecule is CC(N)c1ccc(NC(=O)Nc2cccnn2)cc1. The minimum absolute atomic E-state index is 0.0255. The maximum atomic E-state index is 11.7. The maximum absolute atomic E-state index is 11.7. The summed E-state index contributed by atoms with van der Waals surface area (Å²) in [6.07, 6.45) is 1.54. The van der Waals surface area contributed by atoms with Crippen molar-refractivity contribution in [3.05, 3.63) is 48.2 Å². The van der Waals surface area contributed by atoms with Crippen LogP contribution in [0.3, 0.4) is 0 Å². The number of nitrogens with two attached hydrogens (primary N) is 1. The highest BCUT2D eigenvalue weighted by atomic mass is 16.2. The Morgan fingerprint density at radius 2 is 1.95 bits per heavy atom. The Balaban J connectivity index is 1.95. The average Bonchev–Trinajstić information content (AvgIpc) is 2.40. The lowest BCUT2D eigenvalue weighted by Crippen LogP contribution is -2.20. The Morgan fingerprint density at radius 3 is 2.53 bits per heavy atom. The van der Waals surface area contributed by atoms with Gasteiger partial charge in [0.2, 0.25) is 0 Å². The number of hydrogen-bond donors (Lipinski definition) is 3. The molecule has 0 aliphatic rings. The number of anilines is 2. The van der Waals surface area contributed by atoms with Crippen LogP contribution in [0.5, 0.6) is 0 Å². The molecule has 0 fully saturated rings. The molecule has 6 heteroatoms. The van der Waals surface area contributed by atoms with Crippen LogP contribution in [0.1, 0.15) is 18.5 Å². The average molecular weight is 257 g/mol. The predicted molar refractivity (Wildman–Crippen MR) is 73.7 cm³/mol. The Morgan fingerprint density at radius 1 is 1.21 bits per heavy atom. The van der Waals surface area contributed by atoms with Crippen LogP contribution in [0.4, 0.5) is 16.3 Å². The summed E-state index contributed by atoms with van der Waals surface area (Å²) in [4.78, 5) is 11.7. The molecule has 2 rings (SSSR count). The van der Waals surface area contributed by atoms with Crippen molar-refractivity contribution in [2.24, 2.45) is 5.73 Å². The van der Waals surface area contributed by atoms with E-state index in [0.29, 0.717) is 11.5 Å². The zero-order valence-electron chi connectivity index (χ0n) is 10.5. The van der Waals surface area contributed by atoms with Crippen molar-refractivity contribution in [1.29, 1.82) is 0 Å². The fraction of sp³-hybridized carbons (Fsp3) is 0.154. The van der Waals surface area contributed by atoms with Gasteiger partial charge in [0.25, 0.3) is 0 Å². The number of carbonyl (C=O) groups is 1. The zero-order valence-corrected chi connectivity index (χ0v) is 10.5. The molecule has 19 heavy (non-hydrogen) atoms. The lowest BCUT2D eigenvalue weighted by Gasteiger charge is -2.09. The highest BCUT2D eigenvalue weighted by molar-refractivity contribution is 5.99. The number of urea groups is 1. The standard InChI is InChI=1S/C13H15N5O/c1-9(14)10-4-6-11(7-5-10)16-13(19)17-12-3-2-8-15-18-12/h2-9H,14H2,1H3,(H2,16,17,18,19). The lowest BCUT2D eigenvalue weighted by molar-refractivity contribution is 0.262. The summed E-state index contributed by atoms with van der Waals surface area (Å²) in [5, 5.41) is 12.7. The molecule has 0 bridgehead atoms. The molecule has 1 atom stereocenters. The first-order chi connectivity index (χ1) is 9.15. The van der Waals surface area contributed by atoms with Gasteiger partial charge in [-0.3, -0.25) is 5.32 Å². The molecule has 0 aliphatic heterocycles. The Bertz CT molecular complexity index is 539. The van der Waals surface area contributed by atoms with E-state index in [1.807, 2.05) is 19.1 Å². The molecule has 0 aliphatic carbocycles. The van der Waals surface area contributed by atoms with E-state index in [9.17, 15) is 4.79 Å². The van der Waals surface area contributed by atoms with E-state index >= 15 is 0 Å². The Hall–Kier alpha value is -2.47. The first kappa shape index (κ1) is 13.0. The number of amides is 2. The largest absolute Gasteiger partial charge is 0.324 e. The summed E-state index contributed by atoms with van der Waals surface area (Å²) < 4.78 is 0. The van der Waals surface area contributed by atoms with Crippen LogP contribution in [0.2, 0.25) is 0 Å². The highest BCUT2D eigenvalue weighted by Crippen LogP contribution is 2.14. The topological polar surface area (TPSA) is 92.9 Å². The molecule has 1 heterocycles. The normalized spacial score (nSPS) is 11.7. The van der Waals surface area contributed by atoms with Gasteiger partial charge in [0, 0.05) is 17.9 Å². The number of rotatable bonds is 3. The van der Waals surface area contributed by atoms with Gasteiger partial charge in [-0.05, 0) is 36.8 Å². The molecule has 1 unspecified atom stereocenters. The third-order valence-electron chi connectivity index (χ3n) is 2.51. The van der Waals surface area contributed by atoms with Gasteiger partial charge in [0.05, 0.1) is 0 Å². The van der Waals surface area contributed by atoms with Crippen molar-refractivity contribution in [3.63, 3.8) is 0 Å². The molecular weight excluding hydrogens is 242 g/mol. The molecule has 2 aromatic rings. The van der Waals surface area contributed by atoms with Crippen molar-refractivity contribution in [2.75, 3.05) is 10.6 Å². The number of nitrogens with zero attached hydrogens (tertiary/aromatic N) is 2. The number of aromatic nitrogens is 2. The van der Waals surface area contributed by atoms with Crippen molar-refractivity contribution in [1.82, 2.24) is 10.2 Å². The Kier molecular flexibility index (Phi) is 4.04. The second-order valence-electron chi connectivity index (χ2n) is 4.10. The van der Waals surface area contributed by atoms with E-state index < -0.39 is 0 Å². The maximum Gasteiger partial charge on any atom is 0.324 e. The van der Waals surface area contributed by atoms with Crippen LogP contribution in [0.15, 0.2) is 42.6 Å². The molecule has 98 valence electrons. The number of hydrogen-bond acceptors (Lipinski definition) is 4. The van der Waals surface area contributed by atoms with E-state index in [1.54, 1.807) is 24.3 Å². The molecule has 2 amide bonds. The van der Waals surface area contributed by atoms with Crippen LogP contribution in [-0.4, -0.2) is 16.2 Å². The van der Waals surface area contributed by atoms with Crippen LogP contribution in [-0.2, 0) is 0 Å². The molecule has 1 aromatic carbocycles. The van der Waals surface area contributed by atoms with E-state index in [0.717, 1.165) is 5.56 Å². The van der Waals surface area contributed by atoms with E-state index in [2.05, 4.69) is 20.8 Å². The number of carbonyl (C=O) groups excluding carboxylic acids is 1. The minimum atomic E-state index is -0.367. The van der Waals surface area contributed by atoms with Gasteiger partial charge in [0.15, 0.2) is 5.82 Å². The van der Waals surface area contributed by atoms with Gasteiger partial charge in [-0.1, -0.05) is 12.1 Å². The number of benzene rings is 1. The first-order valence-corrected chi connectivity index (χ1v) is 5.86. The van der Waals surface area contributed by atoms with Crippen LogP contribution < -0.4 is 16.4 Å². The summed E-state index contributed by atoms with van der Waals surface area (Å²) in [6.45, 7) is 1.91.